The van der Waals surface area contributed by atoms with Gasteiger partial charge in [-0.15, -0.1) is 11.6 Å². The molecule has 0 spiro atoms. The number of fused-ring (bicyclic) bond motifs is 1. The lowest BCUT2D eigenvalue weighted by Crippen LogP contribution is -2.05. The molecule has 0 saturated heterocycles. The molecule has 0 amide bonds. The second kappa shape index (κ2) is 6.35. The van der Waals surface area contributed by atoms with Gasteiger partial charge in [-0.05, 0) is 12.3 Å². The molecule has 0 saturated carbocycles. The Bertz CT molecular complexity index is 593. The molecule has 20 heavy (non-hydrogen) atoms. The summed E-state index contributed by atoms with van der Waals surface area (Å²) >= 11 is 6.02. The molecule has 2 aromatic rings. The van der Waals surface area contributed by atoms with Crippen molar-refractivity contribution < 1.29 is 9.47 Å². The lowest BCUT2D eigenvalue weighted by atomic mass is 10.1. The van der Waals surface area contributed by atoms with E-state index in [0.29, 0.717) is 23.3 Å². The summed E-state index contributed by atoms with van der Waals surface area (Å²) in [4.78, 5) is 4.59. The number of aryl methyl sites for hydroxylation is 1. The Kier molecular flexibility index (Phi) is 4.76. The Labute approximate surface area is 124 Å². The van der Waals surface area contributed by atoms with Gasteiger partial charge in [-0.25, -0.2) is 4.98 Å². The van der Waals surface area contributed by atoms with Crippen molar-refractivity contribution >= 4 is 22.6 Å². The molecule has 2 rings (SSSR count). The molecule has 0 fully saturated rings. The van der Waals surface area contributed by atoms with Crippen LogP contribution in [-0.4, -0.2) is 23.8 Å². The zero-order chi connectivity index (χ0) is 14.7. The van der Waals surface area contributed by atoms with E-state index in [1.54, 1.807) is 14.2 Å². The highest BCUT2D eigenvalue weighted by Gasteiger charge is 2.14. The molecule has 0 aliphatic carbocycles. The maximum absolute atomic E-state index is 6.02. The quantitative estimate of drug-likeness (QED) is 0.760. The number of benzene rings is 1. The standard InChI is InChI=1S/C15H21ClN2O2/c1-10(2)5-6-18-12-8-14(20-4)13(19-3)7-11(12)17-15(18)9-16/h7-8,10H,5-6,9H2,1-4H3. The number of hydrogen-bond donors (Lipinski definition) is 0. The van der Waals surface area contributed by atoms with Crippen LogP contribution in [0.25, 0.3) is 11.0 Å². The highest BCUT2D eigenvalue weighted by molar-refractivity contribution is 6.16. The zero-order valence-electron chi connectivity index (χ0n) is 12.4. The van der Waals surface area contributed by atoms with Gasteiger partial charge in [0.15, 0.2) is 11.5 Å². The summed E-state index contributed by atoms with van der Waals surface area (Å²) in [5, 5.41) is 0. The molecule has 0 aliphatic rings. The fraction of sp³-hybridized carbons (Fsp3) is 0.533. The first-order chi connectivity index (χ1) is 9.60. The fourth-order valence-electron chi connectivity index (χ4n) is 2.24. The smallest absolute Gasteiger partial charge is 0.163 e. The molecule has 0 atom stereocenters. The molecule has 0 N–H and O–H groups in total. The molecule has 0 radical (unpaired) electrons. The third-order valence-corrected chi connectivity index (χ3v) is 3.62. The van der Waals surface area contributed by atoms with Gasteiger partial charge in [-0.3, -0.25) is 0 Å². The van der Waals surface area contributed by atoms with E-state index in [1.807, 2.05) is 12.1 Å². The SMILES string of the molecule is COc1cc2nc(CCl)n(CCC(C)C)c2cc1OC. The number of ether oxygens (including phenoxy) is 2. The summed E-state index contributed by atoms with van der Waals surface area (Å²) in [6.45, 7) is 5.33. The van der Waals surface area contributed by atoms with E-state index in [2.05, 4.69) is 23.4 Å². The second-order valence-electron chi connectivity index (χ2n) is 5.19. The van der Waals surface area contributed by atoms with Gasteiger partial charge in [0.2, 0.25) is 0 Å². The summed E-state index contributed by atoms with van der Waals surface area (Å²) in [6, 6.07) is 3.87. The Hall–Kier alpha value is -1.42. The van der Waals surface area contributed by atoms with E-state index < -0.39 is 0 Å². The molecule has 1 heterocycles. The van der Waals surface area contributed by atoms with E-state index in [0.717, 1.165) is 29.8 Å². The number of methoxy groups -OCH3 is 2. The number of imidazole rings is 1. The minimum Gasteiger partial charge on any atom is -0.493 e. The van der Waals surface area contributed by atoms with Crippen LogP contribution in [0.15, 0.2) is 12.1 Å². The first-order valence-corrected chi connectivity index (χ1v) is 7.31. The summed E-state index contributed by atoms with van der Waals surface area (Å²) in [5.41, 5.74) is 1.93. The molecule has 110 valence electrons. The van der Waals surface area contributed by atoms with Crippen LogP contribution in [0.3, 0.4) is 0 Å². The van der Waals surface area contributed by atoms with Crippen LogP contribution in [0.1, 0.15) is 26.1 Å². The lowest BCUT2D eigenvalue weighted by molar-refractivity contribution is 0.355. The minimum atomic E-state index is 0.400. The Balaban J connectivity index is 2.53. The van der Waals surface area contributed by atoms with Gasteiger partial charge in [0.1, 0.15) is 5.82 Å². The monoisotopic (exact) mass is 296 g/mol. The van der Waals surface area contributed by atoms with Crippen LogP contribution >= 0.6 is 11.6 Å². The van der Waals surface area contributed by atoms with Gasteiger partial charge < -0.3 is 14.0 Å². The van der Waals surface area contributed by atoms with Crippen LogP contribution in [-0.2, 0) is 12.4 Å². The van der Waals surface area contributed by atoms with E-state index in [4.69, 9.17) is 21.1 Å². The first kappa shape index (κ1) is 15.0. The fourth-order valence-corrected chi connectivity index (χ4v) is 2.44. The highest BCUT2D eigenvalue weighted by atomic mass is 35.5. The topological polar surface area (TPSA) is 36.3 Å². The predicted molar refractivity (Wildman–Crippen MR) is 81.8 cm³/mol. The Morgan fingerprint density at radius 3 is 2.40 bits per heavy atom. The molecule has 4 nitrogen and oxygen atoms in total. The third kappa shape index (κ3) is 2.85. The number of nitrogens with zero attached hydrogens (tertiary/aromatic N) is 2. The third-order valence-electron chi connectivity index (χ3n) is 3.38. The second-order valence-corrected chi connectivity index (χ2v) is 5.46. The first-order valence-electron chi connectivity index (χ1n) is 6.77. The Morgan fingerprint density at radius 1 is 1.20 bits per heavy atom. The van der Waals surface area contributed by atoms with Crippen molar-refractivity contribution in [1.82, 2.24) is 9.55 Å². The van der Waals surface area contributed by atoms with Crippen LogP contribution in [0.4, 0.5) is 0 Å². The average Bonchev–Trinajstić information content (AvgIpc) is 2.79. The van der Waals surface area contributed by atoms with Gasteiger partial charge in [0.25, 0.3) is 0 Å². The summed E-state index contributed by atoms with van der Waals surface area (Å²) in [5.74, 6) is 3.33. The van der Waals surface area contributed by atoms with Crippen molar-refractivity contribution in [3.63, 3.8) is 0 Å². The lowest BCUT2D eigenvalue weighted by Gasteiger charge is -2.11. The van der Waals surface area contributed by atoms with Crippen molar-refractivity contribution in [1.29, 1.82) is 0 Å². The molecular weight excluding hydrogens is 276 g/mol. The molecule has 0 bridgehead atoms. The molecule has 0 aliphatic heterocycles. The van der Waals surface area contributed by atoms with Crippen LogP contribution in [0, 0.1) is 5.92 Å². The zero-order valence-corrected chi connectivity index (χ0v) is 13.2. The van der Waals surface area contributed by atoms with Crippen LogP contribution in [0.5, 0.6) is 11.5 Å². The van der Waals surface area contributed by atoms with Crippen LogP contribution < -0.4 is 9.47 Å². The predicted octanol–water partition coefficient (Wildman–Crippen LogP) is 3.84. The number of hydrogen-bond acceptors (Lipinski definition) is 3. The van der Waals surface area contributed by atoms with Crippen molar-refractivity contribution in [2.24, 2.45) is 5.92 Å². The van der Waals surface area contributed by atoms with Gasteiger partial charge in [0.05, 0.1) is 31.1 Å². The molecule has 0 unspecified atom stereocenters. The van der Waals surface area contributed by atoms with Gasteiger partial charge in [-0.2, -0.15) is 0 Å². The normalized spacial score (nSPS) is 11.3. The molecular formula is C15H21ClN2O2. The minimum absolute atomic E-state index is 0.400. The number of alkyl halides is 1. The number of halogens is 1. The van der Waals surface area contributed by atoms with E-state index in [9.17, 15) is 0 Å². The largest absolute Gasteiger partial charge is 0.493 e. The van der Waals surface area contributed by atoms with Crippen molar-refractivity contribution in [3.8, 4) is 11.5 Å². The average molecular weight is 297 g/mol. The maximum Gasteiger partial charge on any atom is 0.163 e. The maximum atomic E-state index is 6.02. The summed E-state index contributed by atoms with van der Waals surface area (Å²) in [6.07, 6.45) is 1.09. The Morgan fingerprint density at radius 2 is 1.85 bits per heavy atom. The number of rotatable bonds is 6. The summed E-state index contributed by atoms with van der Waals surface area (Å²) < 4.78 is 12.9. The van der Waals surface area contributed by atoms with Crippen molar-refractivity contribution in [2.45, 2.75) is 32.7 Å². The van der Waals surface area contributed by atoms with Gasteiger partial charge in [-0.1, -0.05) is 13.8 Å². The van der Waals surface area contributed by atoms with Crippen LogP contribution in [0.2, 0.25) is 0 Å². The summed E-state index contributed by atoms with van der Waals surface area (Å²) in [7, 11) is 3.27. The van der Waals surface area contributed by atoms with E-state index in [-0.39, 0.29) is 0 Å². The number of aromatic nitrogens is 2. The van der Waals surface area contributed by atoms with Gasteiger partial charge in [0, 0.05) is 18.7 Å². The van der Waals surface area contributed by atoms with Crippen molar-refractivity contribution in [3.05, 3.63) is 18.0 Å². The van der Waals surface area contributed by atoms with Crippen molar-refractivity contribution in [2.75, 3.05) is 14.2 Å². The highest BCUT2D eigenvalue weighted by Crippen LogP contribution is 2.32. The van der Waals surface area contributed by atoms with E-state index >= 15 is 0 Å². The molecule has 1 aromatic carbocycles. The molecule has 1 aromatic heterocycles. The van der Waals surface area contributed by atoms with E-state index in [1.165, 1.54) is 0 Å². The molecule has 5 heteroatoms. The van der Waals surface area contributed by atoms with Gasteiger partial charge >= 0.3 is 0 Å².